The Labute approximate surface area is 70.4 Å². The van der Waals surface area contributed by atoms with E-state index in [1.54, 1.807) is 0 Å². The van der Waals surface area contributed by atoms with Gasteiger partial charge in [-0.15, -0.1) is 11.8 Å². The Bertz CT molecular complexity index is 119. The molecule has 0 saturated heterocycles. The highest BCUT2D eigenvalue weighted by Crippen LogP contribution is 2.03. The van der Waals surface area contributed by atoms with Crippen molar-refractivity contribution < 1.29 is 0 Å². The van der Waals surface area contributed by atoms with Gasteiger partial charge in [0.1, 0.15) is 0 Å². The van der Waals surface area contributed by atoms with Crippen molar-refractivity contribution in [2.75, 3.05) is 6.54 Å². The van der Waals surface area contributed by atoms with Crippen LogP contribution in [0.2, 0.25) is 0 Å². The van der Waals surface area contributed by atoms with Gasteiger partial charge in [-0.25, -0.2) is 0 Å². The van der Waals surface area contributed by atoms with Crippen LogP contribution in [0.25, 0.3) is 0 Å². The molecule has 64 valence electrons. The van der Waals surface area contributed by atoms with Crippen LogP contribution in [0.15, 0.2) is 0 Å². The minimum atomic E-state index is 0.842. The molecule has 0 aliphatic heterocycles. The molecule has 0 saturated carbocycles. The van der Waals surface area contributed by atoms with Crippen LogP contribution in [-0.2, 0) is 0 Å². The molecule has 0 aromatic rings. The van der Waals surface area contributed by atoms with E-state index in [1.165, 1.54) is 32.1 Å². The van der Waals surface area contributed by atoms with Crippen molar-refractivity contribution in [2.45, 2.75) is 45.4 Å². The molecule has 0 bridgehead atoms. The summed E-state index contributed by atoms with van der Waals surface area (Å²) in [6.07, 6.45) is 7.43. The maximum absolute atomic E-state index is 5.37. The molecule has 0 radical (unpaired) electrons. The van der Waals surface area contributed by atoms with E-state index in [-0.39, 0.29) is 0 Å². The van der Waals surface area contributed by atoms with Gasteiger partial charge in [0.15, 0.2) is 0 Å². The van der Waals surface area contributed by atoms with Crippen LogP contribution in [0.1, 0.15) is 45.4 Å². The van der Waals surface area contributed by atoms with E-state index in [2.05, 4.69) is 11.8 Å². The van der Waals surface area contributed by atoms with E-state index in [0.717, 1.165) is 13.0 Å². The fourth-order valence-corrected chi connectivity index (χ4v) is 1.01. The molecule has 2 N–H and O–H groups in total. The van der Waals surface area contributed by atoms with Gasteiger partial charge < -0.3 is 5.73 Å². The van der Waals surface area contributed by atoms with Crippen molar-refractivity contribution in [1.29, 1.82) is 0 Å². The molecule has 11 heavy (non-hydrogen) atoms. The standard InChI is InChI=1S/C10H19N/c1-2-3-4-5-6-7-8-9-10-11/h4-11H2,1H3. The van der Waals surface area contributed by atoms with Crippen LogP contribution in [0, 0.1) is 11.8 Å². The van der Waals surface area contributed by atoms with E-state index in [9.17, 15) is 0 Å². The molecular formula is C10H19N. The number of hydrogen-bond acceptors (Lipinski definition) is 1. The lowest BCUT2D eigenvalue weighted by molar-refractivity contribution is 0.625. The van der Waals surface area contributed by atoms with Crippen LogP contribution in [-0.4, -0.2) is 6.54 Å². The van der Waals surface area contributed by atoms with Gasteiger partial charge >= 0.3 is 0 Å². The first kappa shape index (κ1) is 10.5. The second-order valence-electron chi connectivity index (χ2n) is 2.73. The molecule has 0 rings (SSSR count). The molecule has 0 aromatic carbocycles. The molecule has 1 nitrogen and oxygen atoms in total. The smallest absolute Gasteiger partial charge is 0.00885 e. The molecule has 0 atom stereocenters. The van der Waals surface area contributed by atoms with Gasteiger partial charge in [-0.05, 0) is 26.3 Å². The van der Waals surface area contributed by atoms with Gasteiger partial charge in [-0.3, -0.25) is 0 Å². The summed E-state index contributed by atoms with van der Waals surface area (Å²) in [5.74, 6) is 5.96. The predicted molar refractivity (Wildman–Crippen MR) is 50.2 cm³/mol. The molecule has 0 amide bonds. The number of hydrogen-bond donors (Lipinski definition) is 1. The van der Waals surface area contributed by atoms with E-state index in [4.69, 9.17) is 5.73 Å². The summed E-state index contributed by atoms with van der Waals surface area (Å²) in [6.45, 7) is 2.74. The molecule has 0 fully saturated rings. The zero-order valence-electron chi connectivity index (χ0n) is 7.53. The van der Waals surface area contributed by atoms with Crippen molar-refractivity contribution in [2.24, 2.45) is 5.73 Å². The largest absolute Gasteiger partial charge is 0.330 e. The van der Waals surface area contributed by atoms with Crippen LogP contribution in [0.3, 0.4) is 0 Å². The lowest BCUT2D eigenvalue weighted by Gasteiger charge is -1.96. The topological polar surface area (TPSA) is 26.0 Å². The highest BCUT2D eigenvalue weighted by molar-refractivity contribution is 4.94. The summed E-state index contributed by atoms with van der Waals surface area (Å²) in [5.41, 5.74) is 5.37. The van der Waals surface area contributed by atoms with E-state index >= 15 is 0 Å². The third-order valence-electron chi connectivity index (χ3n) is 1.68. The average Bonchev–Trinajstić information content (AvgIpc) is 2.03. The average molecular weight is 153 g/mol. The second-order valence-corrected chi connectivity index (χ2v) is 2.73. The van der Waals surface area contributed by atoms with E-state index < -0.39 is 0 Å². The fourth-order valence-electron chi connectivity index (χ4n) is 1.01. The van der Waals surface area contributed by atoms with Crippen LogP contribution < -0.4 is 5.73 Å². The molecule has 0 spiro atoms. The summed E-state index contributed by atoms with van der Waals surface area (Å²) in [5, 5.41) is 0. The lowest BCUT2D eigenvalue weighted by atomic mass is 10.1. The van der Waals surface area contributed by atoms with Gasteiger partial charge in [0.2, 0.25) is 0 Å². The molecular weight excluding hydrogens is 134 g/mol. The molecule has 0 unspecified atom stereocenters. The monoisotopic (exact) mass is 153 g/mol. The highest BCUT2D eigenvalue weighted by Gasteiger charge is 1.87. The first-order valence-electron chi connectivity index (χ1n) is 4.51. The van der Waals surface area contributed by atoms with Gasteiger partial charge in [-0.1, -0.05) is 19.3 Å². The first-order chi connectivity index (χ1) is 5.41. The Morgan fingerprint density at radius 3 is 2.27 bits per heavy atom. The third kappa shape index (κ3) is 9.52. The summed E-state index contributed by atoms with van der Waals surface area (Å²) in [4.78, 5) is 0. The quantitative estimate of drug-likeness (QED) is 0.460. The zero-order valence-corrected chi connectivity index (χ0v) is 7.53. The Morgan fingerprint density at radius 2 is 1.64 bits per heavy atom. The van der Waals surface area contributed by atoms with Crippen molar-refractivity contribution in [3.8, 4) is 11.8 Å². The Hall–Kier alpha value is -0.480. The molecule has 0 aromatic heterocycles. The fraction of sp³-hybridized carbons (Fsp3) is 0.800. The first-order valence-corrected chi connectivity index (χ1v) is 4.51. The summed E-state index contributed by atoms with van der Waals surface area (Å²) < 4.78 is 0. The van der Waals surface area contributed by atoms with Crippen molar-refractivity contribution in [1.82, 2.24) is 0 Å². The van der Waals surface area contributed by atoms with Crippen molar-refractivity contribution in [3.05, 3.63) is 0 Å². The molecule has 1 heteroatoms. The number of unbranched alkanes of at least 4 members (excludes halogenated alkanes) is 5. The van der Waals surface area contributed by atoms with Crippen molar-refractivity contribution >= 4 is 0 Å². The van der Waals surface area contributed by atoms with Gasteiger partial charge in [0.25, 0.3) is 0 Å². The molecule has 0 heterocycles. The minimum Gasteiger partial charge on any atom is -0.330 e. The van der Waals surface area contributed by atoms with E-state index in [0.29, 0.717) is 0 Å². The molecule has 0 aliphatic rings. The third-order valence-corrected chi connectivity index (χ3v) is 1.68. The Morgan fingerprint density at radius 1 is 1.00 bits per heavy atom. The highest BCUT2D eigenvalue weighted by atomic mass is 14.5. The lowest BCUT2D eigenvalue weighted by Crippen LogP contribution is -1.97. The van der Waals surface area contributed by atoms with Crippen molar-refractivity contribution in [3.63, 3.8) is 0 Å². The second kappa shape index (κ2) is 9.52. The number of rotatable bonds is 6. The van der Waals surface area contributed by atoms with Crippen LogP contribution in [0.5, 0.6) is 0 Å². The van der Waals surface area contributed by atoms with Gasteiger partial charge in [0, 0.05) is 6.42 Å². The normalized spacial score (nSPS) is 8.91. The van der Waals surface area contributed by atoms with Gasteiger partial charge in [0.05, 0.1) is 0 Å². The maximum Gasteiger partial charge on any atom is 0.00885 e. The Kier molecular flexibility index (Phi) is 9.10. The summed E-state index contributed by atoms with van der Waals surface area (Å²) in [7, 11) is 0. The van der Waals surface area contributed by atoms with Gasteiger partial charge in [-0.2, -0.15) is 0 Å². The number of nitrogens with two attached hydrogens (primary N) is 1. The summed E-state index contributed by atoms with van der Waals surface area (Å²) in [6, 6.07) is 0. The molecule has 0 aliphatic carbocycles. The maximum atomic E-state index is 5.37. The van der Waals surface area contributed by atoms with Crippen LogP contribution >= 0.6 is 0 Å². The van der Waals surface area contributed by atoms with Crippen LogP contribution in [0.4, 0.5) is 0 Å². The predicted octanol–water partition coefficient (Wildman–Crippen LogP) is 2.31. The SMILES string of the molecule is CC#CCCCCCCCN. The minimum absolute atomic E-state index is 0.842. The summed E-state index contributed by atoms with van der Waals surface area (Å²) >= 11 is 0. The Balaban J connectivity index is 2.83. The zero-order chi connectivity index (χ0) is 8.36. The van der Waals surface area contributed by atoms with E-state index in [1.807, 2.05) is 6.92 Å².